The quantitative estimate of drug-likeness (QED) is 0.877. The van der Waals surface area contributed by atoms with E-state index in [2.05, 4.69) is 11.9 Å². The van der Waals surface area contributed by atoms with E-state index in [0.29, 0.717) is 16.3 Å². The zero-order valence-corrected chi connectivity index (χ0v) is 13.2. The van der Waals surface area contributed by atoms with Crippen LogP contribution in [0.3, 0.4) is 0 Å². The van der Waals surface area contributed by atoms with Gasteiger partial charge in [-0.1, -0.05) is 41.9 Å². The molecule has 0 aliphatic carbocycles. The Hall–Kier alpha value is -2.06. The van der Waals surface area contributed by atoms with E-state index >= 15 is 0 Å². The lowest BCUT2D eigenvalue weighted by atomic mass is 10.0. The number of nitrogens with one attached hydrogen (secondary N) is 1. The van der Waals surface area contributed by atoms with Crippen LogP contribution < -0.4 is 5.32 Å². The molecule has 1 amide bonds. The fraction of sp³-hybridized carbons (Fsp3) is 0.167. The number of hydrogen-bond acceptors (Lipinski definition) is 1. The van der Waals surface area contributed by atoms with Gasteiger partial charge in [0.15, 0.2) is 0 Å². The van der Waals surface area contributed by atoms with Crippen molar-refractivity contribution in [3.63, 3.8) is 0 Å². The largest absolute Gasteiger partial charge is 0.322 e. The predicted molar refractivity (Wildman–Crippen MR) is 88.6 cm³/mol. The van der Waals surface area contributed by atoms with Crippen molar-refractivity contribution in [2.24, 2.45) is 0 Å². The summed E-state index contributed by atoms with van der Waals surface area (Å²) in [6, 6.07) is 11.3. The first kappa shape index (κ1) is 15.3. The molecule has 0 fully saturated rings. The first-order valence-electron chi connectivity index (χ1n) is 6.72. The molecule has 2 nitrogen and oxygen atoms in total. The highest BCUT2D eigenvalue weighted by molar-refractivity contribution is 6.30. The highest BCUT2D eigenvalue weighted by atomic mass is 35.5. The summed E-state index contributed by atoms with van der Waals surface area (Å²) in [6.07, 6.45) is 0. The number of amides is 1. The SMILES string of the molecule is C=C(NC(=O)c1cc(C)ccc1C)c1cc(Cl)ccc1C. The topological polar surface area (TPSA) is 29.1 Å². The molecule has 0 heterocycles. The maximum atomic E-state index is 12.4. The van der Waals surface area contributed by atoms with Gasteiger partial charge in [0.05, 0.1) is 0 Å². The first-order valence-corrected chi connectivity index (χ1v) is 7.10. The number of aryl methyl sites for hydroxylation is 3. The Morgan fingerprint density at radius 2 is 1.62 bits per heavy atom. The predicted octanol–water partition coefficient (Wildman–Crippen LogP) is 4.67. The molecule has 2 aromatic rings. The van der Waals surface area contributed by atoms with Gasteiger partial charge in [-0.15, -0.1) is 0 Å². The van der Waals surface area contributed by atoms with Crippen LogP contribution in [-0.4, -0.2) is 5.91 Å². The Balaban J connectivity index is 2.25. The van der Waals surface area contributed by atoms with Crippen LogP contribution in [0.15, 0.2) is 43.0 Å². The van der Waals surface area contributed by atoms with Crippen LogP contribution in [0.5, 0.6) is 0 Å². The van der Waals surface area contributed by atoms with Crippen molar-refractivity contribution in [2.45, 2.75) is 20.8 Å². The Bertz CT molecular complexity index is 658. The highest BCUT2D eigenvalue weighted by Crippen LogP contribution is 2.21. The third-order valence-electron chi connectivity index (χ3n) is 3.43. The molecule has 0 bridgehead atoms. The molecule has 0 atom stereocenters. The van der Waals surface area contributed by atoms with Crippen LogP contribution in [0.1, 0.15) is 32.6 Å². The van der Waals surface area contributed by atoms with E-state index < -0.39 is 0 Å². The fourth-order valence-electron chi connectivity index (χ4n) is 2.17. The Morgan fingerprint density at radius 3 is 2.33 bits per heavy atom. The average Bonchev–Trinajstić information content (AvgIpc) is 2.43. The normalized spacial score (nSPS) is 10.3. The van der Waals surface area contributed by atoms with E-state index in [9.17, 15) is 4.79 Å². The summed E-state index contributed by atoms with van der Waals surface area (Å²) in [5.74, 6) is -0.152. The number of benzene rings is 2. The minimum absolute atomic E-state index is 0.152. The Labute approximate surface area is 130 Å². The minimum atomic E-state index is -0.152. The standard InChI is InChI=1S/C18H18ClNO/c1-11-5-6-13(3)17(9-11)18(21)20-14(4)16-10-15(19)8-7-12(16)2/h5-10H,4H2,1-3H3,(H,20,21). The van der Waals surface area contributed by atoms with Gasteiger partial charge in [0.1, 0.15) is 0 Å². The summed E-state index contributed by atoms with van der Waals surface area (Å²) in [6.45, 7) is 9.80. The third kappa shape index (κ3) is 3.53. The molecule has 108 valence electrons. The summed E-state index contributed by atoms with van der Waals surface area (Å²) < 4.78 is 0. The number of carbonyl (C=O) groups excluding carboxylic acids is 1. The van der Waals surface area contributed by atoms with Crippen LogP contribution >= 0.6 is 11.6 Å². The summed E-state index contributed by atoms with van der Waals surface area (Å²) in [5, 5.41) is 3.48. The maximum Gasteiger partial charge on any atom is 0.255 e. The molecule has 2 aromatic carbocycles. The highest BCUT2D eigenvalue weighted by Gasteiger charge is 2.12. The molecular weight excluding hydrogens is 282 g/mol. The van der Waals surface area contributed by atoms with Gasteiger partial charge in [-0.25, -0.2) is 0 Å². The van der Waals surface area contributed by atoms with Gasteiger partial charge in [0, 0.05) is 21.8 Å². The van der Waals surface area contributed by atoms with Gasteiger partial charge in [-0.2, -0.15) is 0 Å². The Kier molecular flexibility index (Phi) is 4.49. The molecular formula is C18H18ClNO. The van der Waals surface area contributed by atoms with Gasteiger partial charge in [-0.05, 0) is 50.1 Å². The van der Waals surface area contributed by atoms with Crippen molar-refractivity contribution in [3.05, 3.63) is 75.8 Å². The van der Waals surface area contributed by atoms with Crippen molar-refractivity contribution < 1.29 is 4.79 Å². The molecule has 0 radical (unpaired) electrons. The van der Waals surface area contributed by atoms with Crippen molar-refractivity contribution in [1.82, 2.24) is 5.32 Å². The number of hydrogen-bond donors (Lipinski definition) is 1. The molecule has 0 aliphatic heterocycles. The zero-order chi connectivity index (χ0) is 15.6. The van der Waals surface area contributed by atoms with Crippen molar-refractivity contribution in [3.8, 4) is 0 Å². The van der Waals surface area contributed by atoms with Crippen LogP contribution in [0.2, 0.25) is 5.02 Å². The van der Waals surface area contributed by atoms with E-state index in [1.54, 1.807) is 0 Å². The number of rotatable bonds is 3. The zero-order valence-electron chi connectivity index (χ0n) is 12.5. The summed E-state index contributed by atoms with van der Waals surface area (Å²) >= 11 is 6.01. The van der Waals surface area contributed by atoms with Crippen LogP contribution in [0, 0.1) is 20.8 Å². The lowest BCUT2D eigenvalue weighted by molar-refractivity contribution is 0.0973. The molecule has 2 rings (SSSR count). The second-order valence-electron chi connectivity index (χ2n) is 5.21. The van der Waals surface area contributed by atoms with Crippen molar-refractivity contribution in [1.29, 1.82) is 0 Å². The smallest absolute Gasteiger partial charge is 0.255 e. The molecule has 3 heteroatoms. The lowest BCUT2D eigenvalue weighted by Crippen LogP contribution is -2.22. The second kappa shape index (κ2) is 6.15. The van der Waals surface area contributed by atoms with Crippen LogP contribution in [-0.2, 0) is 0 Å². The maximum absolute atomic E-state index is 12.4. The monoisotopic (exact) mass is 299 g/mol. The number of halogens is 1. The summed E-state index contributed by atoms with van der Waals surface area (Å²) in [4.78, 5) is 12.4. The molecule has 0 saturated heterocycles. The van der Waals surface area contributed by atoms with E-state index in [1.165, 1.54) is 0 Å². The van der Waals surface area contributed by atoms with Gasteiger partial charge in [0.2, 0.25) is 0 Å². The molecule has 0 aromatic heterocycles. The summed E-state index contributed by atoms with van der Waals surface area (Å²) in [7, 11) is 0. The van der Waals surface area contributed by atoms with E-state index in [1.807, 2.05) is 57.2 Å². The molecule has 0 spiro atoms. The van der Waals surface area contributed by atoms with Gasteiger partial charge < -0.3 is 5.32 Å². The Morgan fingerprint density at radius 1 is 1.00 bits per heavy atom. The lowest BCUT2D eigenvalue weighted by Gasteiger charge is -2.13. The third-order valence-corrected chi connectivity index (χ3v) is 3.66. The van der Waals surface area contributed by atoms with Gasteiger partial charge in [-0.3, -0.25) is 4.79 Å². The molecule has 21 heavy (non-hydrogen) atoms. The van der Waals surface area contributed by atoms with E-state index in [4.69, 9.17) is 11.6 Å². The fourth-order valence-corrected chi connectivity index (χ4v) is 2.34. The molecule has 0 unspecified atom stereocenters. The molecule has 0 saturated carbocycles. The van der Waals surface area contributed by atoms with Gasteiger partial charge >= 0.3 is 0 Å². The minimum Gasteiger partial charge on any atom is -0.322 e. The average molecular weight is 300 g/mol. The molecule has 1 N–H and O–H groups in total. The number of carbonyl (C=O) groups is 1. The molecule has 0 aliphatic rings. The first-order chi connectivity index (χ1) is 9.88. The van der Waals surface area contributed by atoms with E-state index in [-0.39, 0.29) is 5.91 Å². The second-order valence-corrected chi connectivity index (χ2v) is 5.65. The summed E-state index contributed by atoms with van der Waals surface area (Å²) in [5.41, 5.74) is 5.08. The van der Waals surface area contributed by atoms with Gasteiger partial charge in [0.25, 0.3) is 5.91 Å². The van der Waals surface area contributed by atoms with Crippen LogP contribution in [0.4, 0.5) is 0 Å². The van der Waals surface area contributed by atoms with Crippen molar-refractivity contribution >= 4 is 23.2 Å². The van der Waals surface area contributed by atoms with Crippen LogP contribution in [0.25, 0.3) is 5.70 Å². The van der Waals surface area contributed by atoms with Crippen molar-refractivity contribution in [2.75, 3.05) is 0 Å². The van der Waals surface area contributed by atoms with E-state index in [0.717, 1.165) is 22.3 Å².